The highest BCUT2D eigenvalue weighted by molar-refractivity contribution is 5.95. The first-order valence-electron chi connectivity index (χ1n) is 8.57. The van der Waals surface area contributed by atoms with Gasteiger partial charge in [0.2, 0.25) is 5.91 Å². The van der Waals surface area contributed by atoms with Gasteiger partial charge in [0.05, 0.1) is 12.8 Å². The lowest BCUT2D eigenvalue weighted by atomic mass is 9.95. The number of carbonyl (C=O) groups excluding carboxylic acids is 1. The molecule has 0 saturated heterocycles. The molecule has 3 rings (SSSR count). The second-order valence-electron chi connectivity index (χ2n) is 6.46. The van der Waals surface area contributed by atoms with Crippen molar-refractivity contribution in [2.75, 3.05) is 0 Å². The molecule has 0 saturated carbocycles. The van der Waals surface area contributed by atoms with E-state index in [1.54, 1.807) is 42.5 Å². The Bertz CT molecular complexity index is 848. The summed E-state index contributed by atoms with van der Waals surface area (Å²) >= 11 is 0. The predicted octanol–water partition coefficient (Wildman–Crippen LogP) is 3.79. The molecule has 0 radical (unpaired) electrons. The van der Waals surface area contributed by atoms with Gasteiger partial charge in [0, 0.05) is 5.56 Å². The molecule has 1 heterocycles. The minimum absolute atomic E-state index is 0.162. The van der Waals surface area contributed by atoms with Gasteiger partial charge < -0.3 is 5.11 Å². The van der Waals surface area contributed by atoms with Gasteiger partial charge in [-0.25, -0.2) is 0 Å². The van der Waals surface area contributed by atoms with Crippen LogP contribution < -0.4 is 0 Å². The van der Waals surface area contributed by atoms with Crippen molar-refractivity contribution >= 4 is 11.6 Å². The maximum atomic E-state index is 13.2. The molecule has 2 aromatic carbocycles. The van der Waals surface area contributed by atoms with Gasteiger partial charge in [-0.1, -0.05) is 61.5 Å². The molecule has 0 aromatic heterocycles. The second-order valence-corrected chi connectivity index (χ2v) is 6.46. The first kappa shape index (κ1) is 19.1. The first-order valence-corrected chi connectivity index (χ1v) is 8.57. The number of aryl methyl sites for hydroxylation is 1. The molecule has 0 spiro atoms. The van der Waals surface area contributed by atoms with Crippen molar-refractivity contribution in [2.45, 2.75) is 38.1 Å². The molecule has 1 aliphatic heterocycles. The number of hydrazone groups is 1. The second kappa shape index (κ2) is 7.15. The van der Waals surface area contributed by atoms with E-state index in [1.165, 1.54) is 12.1 Å². The van der Waals surface area contributed by atoms with Crippen LogP contribution >= 0.6 is 0 Å². The molecule has 1 unspecified atom stereocenters. The third kappa shape index (κ3) is 3.88. The van der Waals surface area contributed by atoms with E-state index in [9.17, 15) is 23.1 Å². The Morgan fingerprint density at radius 3 is 2.30 bits per heavy atom. The van der Waals surface area contributed by atoms with Crippen LogP contribution in [0.3, 0.4) is 0 Å². The highest BCUT2D eigenvalue weighted by Crippen LogP contribution is 2.40. The molecule has 1 amide bonds. The summed E-state index contributed by atoms with van der Waals surface area (Å²) in [7, 11) is 0. The van der Waals surface area contributed by atoms with Crippen LogP contribution in [-0.2, 0) is 23.4 Å². The van der Waals surface area contributed by atoms with E-state index < -0.39 is 29.9 Å². The summed E-state index contributed by atoms with van der Waals surface area (Å²) in [6, 6.07) is 15.1. The largest absolute Gasteiger partial charge is 0.431 e. The number of nitrogens with zero attached hydrogens (tertiary/aromatic N) is 2. The highest BCUT2D eigenvalue weighted by Gasteiger charge is 2.52. The summed E-state index contributed by atoms with van der Waals surface area (Å²) in [5, 5.41) is 15.1. The molecule has 27 heavy (non-hydrogen) atoms. The van der Waals surface area contributed by atoms with E-state index in [4.69, 9.17) is 0 Å². The number of benzene rings is 2. The van der Waals surface area contributed by atoms with E-state index in [0.717, 1.165) is 12.0 Å². The highest BCUT2D eigenvalue weighted by atomic mass is 19.4. The standard InChI is InChI=1S/C20H19F3N2O2/c1-2-14-8-10-16(11-9-14)19(27)13-17(20(21,22)23)24-25(19)18(26)12-15-6-4-3-5-7-15/h3-11,27H,2,12-13H2,1H3. The number of halogens is 3. The lowest BCUT2D eigenvalue weighted by Crippen LogP contribution is -2.44. The fourth-order valence-corrected chi connectivity index (χ4v) is 3.04. The van der Waals surface area contributed by atoms with Crippen molar-refractivity contribution in [2.24, 2.45) is 5.10 Å². The summed E-state index contributed by atoms with van der Waals surface area (Å²) in [6.45, 7) is 1.94. The average Bonchev–Trinajstić information content (AvgIpc) is 3.02. The summed E-state index contributed by atoms with van der Waals surface area (Å²) in [4.78, 5) is 12.7. The molecule has 0 bridgehead atoms. The fourth-order valence-electron chi connectivity index (χ4n) is 3.04. The summed E-state index contributed by atoms with van der Waals surface area (Å²) < 4.78 is 39.7. The van der Waals surface area contributed by atoms with E-state index >= 15 is 0 Å². The molecule has 1 atom stereocenters. The minimum Gasteiger partial charge on any atom is -0.365 e. The minimum atomic E-state index is -4.72. The lowest BCUT2D eigenvalue weighted by Gasteiger charge is -2.31. The molecule has 0 fully saturated rings. The fraction of sp³-hybridized carbons (Fsp3) is 0.300. The van der Waals surface area contributed by atoms with Gasteiger partial charge in [-0.2, -0.15) is 23.3 Å². The molecule has 4 nitrogen and oxygen atoms in total. The molecule has 1 aliphatic rings. The smallest absolute Gasteiger partial charge is 0.365 e. The van der Waals surface area contributed by atoms with Crippen LogP contribution in [0.25, 0.3) is 0 Å². The Kier molecular flexibility index (Phi) is 5.06. The van der Waals surface area contributed by atoms with Gasteiger partial charge in [-0.05, 0) is 17.5 Å². The Morgan fingerprint density at radius 1 is 1.11 bits per heavy atom. The Balaban J connectivity index is 1.96. The van der Waals surface area contributed by atoms with Gasteiger partial charge in [-0.3, -0.25) is 4.79 Å². The van der Waals surface area contributed by atoms with Gasteiger partial charge >= 0.3 is 6.18 Å². The third-order valence-electron chi connectivity index (χ3n) is 4.57. The van der Waals surface area contributed by atoms with Crippen molar-refractivity contribution in [3.05, 3.63) is 71.3 Å². The van der Waals surface area contributed by atoms with Crippen molar-refractivity contribution < 1.29 is 23.1 Å². The zero-order valence-corrected chi connectivity index (χ0v) is 14.7. The molecule has 2 aromatic rings. The molecular formula is C20H19F3N2O2. The molecule has 1 N–H and O–H groups in total. The number of alkyl halides is 3. The Labute approximate surface area is 154 Å². The van der Waals surface area contributed by atoms with Crippen LogP contribution in [0.4, 0.5) is 13.2 Å². The van der Waals surface area contributed by atoms with Gasteiger partial charge in [0.15, 0.2) is 5.72 Å². The normalized spacial score (nSPS) is 19.9. The molecule has 0 aliphatic carbocycles. The van der Waals surface area contributed by atoms with Crippen LogP contribution in [0.15, 0.2) is 59.7 Å². The topological polar surface area (TPSA) is 52.9 Å². The molecular weight excluding hydrogens is 357 g/mol. The quantitative estimate of drug-likeness (QED) is 0.883. The van der Waals surface area contributed by atoms with Crippen LogP contribution in [0.5, 0.6) is 0 Å². The van der Waals surface area contributed by atoms with Crippen LogP contribution in [0.1, 0.15) is 30.0 Å². The van der Waals surface area contributed by atoms with Gasteiger partial charge in [0.1, 0.15) is 5.71 Å². The van der Waals surface area contributed by atoms with Crippen LogP contribution in [0.2, 0.25) is 0 Å². The summed E-state index contributed by atoms with van der Waals surface area (Å²) in [5.41, 5.74) is -1.54. The van der Waals surface area contributed by atoms with Crippen molar-refractivity contribution in [3.63, 3.8) is 0 Å². The third-order valence-corrected chi connectivity index (χ3v) is 4.57. The summed E-state index contributed by atoms with van der Waals surface area (Å²) in [5.74, 6) is -0.706. The predicted molar refractivity (Wildman–Crippen MR) is 94.8 cm³/mol. The Morgan fingerprint density at radius 2 is 1.74 bits per heavy atom. The van der Waals surface area contributed by atoms with Crippen LogP contribution in [-0.4, -0.2) is 27.9 Å². The zero-order valence-electron chi connectivity index (χ0n) is 14.7. The molecule has 7 heteroatoms. The number of rotatable bonds is 4. The maximum Gasteiger partial charge on any atom is 0.431 e. The monoisotopic (exact) mass is 376 g/mol. The first-order chi connectivity index (χ1) is 12.7. The SMILES string of the molecule is CCc1ccc(C2(O)CC(C(F)(F)F)=NN2C(=O)Cc2ccccc2)cc1. The number of hydrogen-bond donors (Lipinski definition) is 1. The van der Waals surface area contributed by atoms with E-state index in [1.807, 2.05) is 6.92 Å². The van der Waals surface area contributed by atoms with Crippen molar-refractivity contribution in [1.82, 2.24) is 5.01 Å². The average molecular weight is 376 g/mol. The van der Waals surface area contributed by atoms with Crippen molar-refractivity contribution in [3.8, 4) is 0 Å². The van der Waals surface area contributed by atoms with E-state index in [0.29, 0.717) is 10.6 Å². The number of hydrogen-bond acceptors (Lipinski definition) is 3. The number of amides is 1. The molecule has 142 valence electrons. The number of aliphatic hydroxyl groups is 1. The van der Waals surface area contributed by atoms with Crippen molar-refractivity contribution in [1.29, 1.82) is 0 Å². The Hall–Kier alpha value is -2.67. The van der Waals surface area contributed by atoms with E-state index in [2.05, 4.69) is 5.10 Å². The zero-order chi connectivity index (χ0) is 19.7. The number of carbonyl (C=O) groups is 1. The van der Waals surface area contributed by atoms with Gasteiger partial charge in [-0.15, -0.1) is 0 Å². The van der Waals surface area contributed by atoms with Gasteiger partial charge in [0.25, 0.3) is 0 Å². The van der Waals surface area contributed by atoms with E-state index in [-0.39, 0.29) is 12.0 Å². The summed E-state index contributed by atoms with van der Waals surface area (Å²) in [6.07, 6.45) is -4.94. The maximum absolute atomic E-state index is 13.2. The lowest BCUT2D eigenvalue weighted by molar-refractivity contribution is -0.157. The van der Waals surface area contributed by atoms with Crippen LogP contribution in [0, 0.1) is 0 Å².